The van der Waals surface area contributed by atoms with Crippen LogP contribution < -0.4 is 19.9 Å². The Labute approximate surface area is 140 Å². The summed E-state index contributed by atoms with van der Waals surface area (Å²) in [5, 5.41) is 7.79. The van der Waals surface area contributed by atoms with Crippen LogP contribution in [-0.2, 0) is 10.0 Å². The minimum absolute atomic E-state index is 0.0543. The van der Waals surface area contributed by atoms with Crippen molar-refractivity contribution in [3.8, 4) is 11.5 Å². The fourth-order valence-corrected chi connectivity index (χ4v) is 2.62. The second-order valence-electron chi connectivity index (χ2n) is 5.05. The van der Waals surface area contributed by atoms with E-state index in [2.05, 4.69) is 5.32 Å². The Kier molecular flexibility index (Phi) is 5.10. The van der Waals surface area contributed by atoms with Crippen molar-refractivity contribution in [3.63, 3.8) is 0 Å². The average Bonchev–Trinajstić information content (AvgIpc) is 2.55. The van der Waals surface area contributed by atoms with Crippen molar-refractivity contribution in [3.05, 3.63) is 47.5 Å². The number of carbonyl (C=O) groups excluding carboxylic acids is 1. The van der Waals surface area contributed by atoms with Gasteiger partial charge in [0.1, 0.15) is 0 Å². The number of nitrogens with two attached hydrogens (primary N) is 1. The summed E-state index contributed by atoms with van der Waals surface area (Å²) in [6.45, 7) is 1.82. The number of aryl methyl sites for hydroxylation is 1. The smallest absolute Gasteiger partial charge is 0.255 e. The van der Waals surface area contributed by atoms with Crippen molar-refractivity contribution in [2.45, 2.75) is 11.8 Å². The van der Waals surface area contributed by atoms with Crippen LogP contribution in [0.15, 0.2) is 41.3 Å². The molecule has 0 saturated heterocycles. The Hall–Kier alpha value is -2.58. The van der Waals surface area contributed by atoms with E-state index in [1.54, 1.807) is 12.1 Å². The third-order valence-electron chi connectivity index (χ3n) is 3.42. The number of primary sulfonamides is 1. The SMILES string of the molecule is COc1cc(C)c(NC(=O)c2ccc(S(N)(=O)=O)cc2)cc1OC. The quantitative estimate of drug-likeness (QED) is 0.856. The molecule has 128 valence electrons. The topological polar surface area (TPSA) is 108 Å². The van der Waals surface area contributed by atoms with Crippen LogP contribution in [0, 0.1) is 6.92 Å². The van der Waals surface area contributed by atoms with Gasteiger partial charge in [-0.3, -0.25) is 4.79 Å². The standard InChI is InChI=1S/C16H18N2O5S/c1-10-8-14(22-2)15(23-3)9-13(10)18-16(19)11-4-6-12(7-5-11)24(17,20)21/h4-9H,1-3H3,(H,18,19)(H2,17,20,21). The number of hydrogen-bond donors (Lipinski definition) is 2. The van der Waals surface area contributed by atoms with Crippen LogP contribution in [-0.4, -0.2) is 28.5 Å². The molecular weight excluding hydrogens is 332 g/mol. The maximum absolute atomic E-state index is 12.3. The molecule has 0 heterocycles. The van der Waals surface area contributed by atoms with Crippen molar-refractivity contribution in [2.75, 3.05) is 19.5 Å². The van der Waals surface area contributed by atoms with Crippen LogP contribution in [0.4, 0.5) is 5.69 Å². The first-order valence-electron chi connectivity index (χ1n) is 6.93. The van der Waals surface area contributed by atoms with Gasteiger partial charge in [0, 0.05) is 17.3 Å². The van der Waals surface area contributed by atoms with E-state index in [1.807, 2.05) is 6.92 Å². The number of nitrogens with one attached hydrogen (secondary N) is 1. The summed E-state index contributed by atoms with van der Waals surface area (Å²) in [5.41, 5.74) is 1.66. The van der Waals surface area contributed by atoms with Gasteiger partial charge in [-0.15, -0.1) is 0 Å². The highest BCUT2D eigenvalue weighted by molar-refractivity contribution is 7.89. The highest BCUT2D eigenvalue weighted by atomic mass is 32.2. The summed E-state index contributed by atoms with van der Waals surface area (Å²) in [4.78, 5) is 12.3. The first kappa shape index (κ1) is 17.8. The van der Waals surface area contributed by atoms with Gasteiger partial charge >= 0.3 is 0 Å². The number of amides is 1. The molecule has 1 amide bonds. The molecule has 24 heavy (non-hydrogen) atoms. The molecule has 0 fully saturated rings. The molecule has 0 aromatic heterocycles. The Morgan fingerprint density at radius 2 is 1.58 bits per heavy atom. The molecule has 7 nitrogen and oxygen atoms in total. The molecule has 0 bridgehead atoms. The fourth-order valence-electron chi connectivity index (χ4n) is 2.11. The normalized spacial score (nSPS) is 11.0. The number of sulfonamides is 1. The van der Waals surface area contributed by atoms with E-state index in [1.165, 1.54) is 38.5 Å². The van der Waals surface area contributed by atoms with E-state index >= 15 is 0 Å². The molecule has 2 aromatic rings. The zero-order valence-electron chi connectivity index (χ0n) is 13.5. The molecule has 0 spiro atoms. The minimum atomic E-state index is -3.79. The third kappa shape index (κ3) is 3.84. The second kappa shape index (κ2) is 6.90. The molecule has 8 heteroatoms. The number of carbonyl (C=O) groups is 1. The monoisotopic (exact) mass is 350 g/mol. The Balaban J connectivity index is 2.26. The molecule has 0 saturated carbocycles. The Morgan fingerprint density at radius 1 is 1.04 bits per heavy atom. The number of rotatable bonds is 5. The van der Waals surface area contributed by atoms with Gasteiger partial charge in [0.25, 0.3) is 5.91 Å². The summed E-state index contributed by atoms with van der Waals surface area (Å²) in [7, 11) is -0.755. The lowest BCUT2D eigenvalue weighted by Gasteiger charge is -2.13. The van der Waals surface area contributed by atoms with E-state index in [0.29, 0.717) is 22.7 Å². The van der Waals surface area contributed by atoms with Crippen LogP contribution in [0.3, 0.4) is 0 Å². The molecule has 3 N–H and O–H groups in total. The van der Waals surface area contributed by atoms with Gasteiger partial charge in [0.15, 0.2) is 11.5 Å². The number of ether oxygens (including phenoxy) is 2. The van der Waals surface area contributed by atoms with Gasteiger partial charge in [-0.05, 0) is 42.8 Å². The molecule has 2 rings (SSSR count). The Morgan fingerprint density at radius 3 is 2.08 bits per heavy atom. The minimum Gasteiger partial charge on any atom is -0.493 e. The van der Waals surface area contributed by atoms with Crippen LogP contribution in [0.5, 0.6) is 11.5 Å². The van der Waals surface area contributed by atoms with Gasteiger partial charge in [-0.1, -0.05) is 0 Å². The van der Waals surface area contributed by atoms with Gasteiger partial charge in [-0.2, -0.15) is 0 Å². The predicted octanol–water partition coefficient (Wildman–Crippen LogP) is 1.91. The molecule has 0 aliphatic heterocycles. The van der Waals surface area contributed by atoms with Gasteiger partial charge in [-0.25, -0.2) is 13.6 Å². The van der Waals surface area contributed by atoms with Gasteiger partial charge in [0.2, 0.25) is 10.0 Å². The molecule has 0 atom stereocenters. The summed E-state index contributed by atoms with van der Waals surface area (Å²) in [5.74, 6) is 0.666. The van der Waals surface area contributed by atoms with Crippen molar-refractivity contribution >= 4 is 21.6 Å². The van der Waals surface area contributed by atoms with Crippen molar-refractivity contribution < 1.29 is 22.7 Å². The average molecular weight is 350 g/mol. The second-order valence-corrected chi connectivity index (χ2v) is 6.61. The largest absolute Gasteiger partial charge is 0.493 e. The van der Waals surface area contributed by atoms with E-state index in [0.717, 1.165) is 5.56 Å². The third-order valence-corrected chi connectivity index (χ3v) is 4.35. The molecule has 0 aliphatic carbocycles. The zero-order chi connectivity index (χ0) is 17.9. The fraction of sp³-hybridized carbons (Fsp3) is 0.188. The lowest BCUT2D eigenvalue weighted by molar-refractivity contribution is 0.102. The number of anilines is 1. The van der Waals surface area contributed by atoms with E-state index in [9.17, 15) is 13.2 Å². The summed E-state index contributed by atoms with van der Waals surface area (Å²) < 4.78 is 32.9. The lowest BCUT2D eigenvalue weighted by atomic mass is 10.1. The highest BCUT2D eigenvalue weighted by Crippen LogP contribution is 2.33. The van der Waals surface area contributed by atoms with Crippen LogP contribution in [0.2, 0.25) is 0 Å². The van der Waals surface area contributed by atoms with Crippen molar-refractivity contribution in [2.24, 2.45) is 5.14 Å². The number of methoxy groups -OCH3 is 2. The van der Waals surface area contributed by atoms with E-state index < -0.39 is 10.0 Å². The maximum Gasteiger partial charge on any atom is 0.255 e. The molecule has 0 aliphatic rings. The summed E-state index contributed by atoms with van der Waals surface area (Å²) >= 11 is 0. The number of hydrogen-bond acceptors (Lipinski definition) is 5. The van der Waals surface area contributed by atoms with Crippen LogP contribution in [0.25, 0.3) is 0 Å². The number of benzene rings is 2. The molecule has 0 unspecified atom stereocenters. The molecular formula is C16H18N2O5S. The lowest BCUT2D eigenvalue weighted by Crippen LogP contribution is -2.15. The molecule has 2 aromatic carbocycles. The van der Waals surface area contributed by atoms with Crippen LogP contribution >= 0.6 is 0 Å². The Bertz CT molecular complexity index is 861. The van der Waals surface area contributed by atoms with Crippen molar-refractivity contribution in [1.29, 1.82) is 0 Å². The summed E-state index contributed by atoms with van der Waals surface area (Å²) in [6, 6.07) is 8.76. The highest BCUT2D eigenvalue weighted by Gasteiger charge is 2.13. The first-order valence-corrected chi connectivity index (χ1v) is 8.47. The summed E-state index contributed by atoms with van der Waals surface area (Å²) in [6.07, 6.45) is 0. The van der Waals surface area contributed by atoms with Gasteiger partial charge < -0.3 is 14.8 Å². The van der Waals surface area contributed by atoms with Gasteiger partial charge in [0.05, 0.1) is 19.1 Å². The van der Waals surface area contributed by atoms with Crippen molar-refractivity contribution in [1.82, 2.24) is 0 Å². The molecule has 0 radical (unpaired) electrons. The maximum atomic E-state index is 12.3. The predicted molar refractivity (Wildman–Crippen MR) is 90.1 cm³/mol. The first-order chi connectivity index (χ1) is 11.3. The zero-order valence-corrected chi connectivity index (χ0v) is 14.3. The van der Waals surface area contributed by atoms with E-state index in [4.69, 9.17) is 14.6 Å². The van der Waals surface area contributed by atoms with E-state index in [-0.39, 0.29) is 10.8 Å². The van der Waals surface area contributed by atoms with Crippen LogP contribution in [0.1, 0.15) is 15.9 Å².